The van der Waals surface area contributed by atoms with Crippen LogP contribution in [0.2, 0.25) is 5.02 Å². The number of nitrogens with zero attached hydrogens (tertiary/aromatic N) is 3. The smallest absolute Gasteiger partial charge is 0.295 e. The standard InChI is InChI=1S/C24H27ClN4O3S/c1-16-22(24(32)29(28(16)4)19-11-6-5-7-12-19)26-23(31)17(2)33-15-21(30)27(3)14-18-10-8-9-13-20(18)25/h5-13,17H,14-15H2,1-4H3,(H,26,31). The largest absolute Gasteiger partial charge is 0.341 e. The number of thioether (sulfide) groups is 1. The molecule has 1 heterocycles. The van der Waals surface area contributed by atoms with E-state index >= 15 is 0 Å². The second-order valence-electron chi connectivity index (χ2n) is 7.72. The molecule has 174 valence electrons. The molecule has 1 atom stereocenters. The van der Waals surface area contributed by atoms with Crippen LogP contribution >= 0.6 is 23.4 Å². The number of amides is 2. The fourth-order valence-corrected chi connectivity index (χ4v) is 4.31. The Hall–Kier alpha value is -2.97. The third-order valence-electron chi connectivity index (χ3n) is 5.42. The van der Waals surface area contributed by atoms with Gasteiger partial charge in [0.25, 0.3) is 5.56 Å². The molecule has 3 aromatic rings. The lowest BCUT2D eigenvalue weighted by Crippen LogP contribution is -2.31. The van der Waals surface area contributed by atoms with Gasteiger partial charge in [0.1, 0.15) is 5.69 Å². The van der Waals surface area contributed by atoms with Crippen LogP contribution < -0.4 is 10.9 Å². The van der Waals surface area contributed by atoms with Crippen molar-refractivity contribution in [2.75, 3.05) is 18.1 Å². The second kappa shape index (κ2) is 10.8. The average molecular weight is 487 g/mol. The van der Waals surface area contributed by atoms with Crippen molar-refractivity contribution in [2.24, 2.45) is 7.05 Å². The molecule has 3 rings (SSSR count). The number of para-hydroxylation sites is 1. The molecule has 0 aliphatic heterocycles. The lowest BCUT2D eigenvalue weighted by molar-refractivity contribution is -0.127. The number of nitrogens with one attached hydrogen (secondary N) is 1. The Bertz CT molecular complexity index is 1210. The van der Waals surface area contributed by atoms with E-state index in [1.807, 2.05) is 48.5 Å². The number of benzene rings is 2. The average Bonchev–Trinajstić information content (AvgIpc) is 3.02. The maximum atomic E-state index is 13.0. The van der Waals surface area contributed by atoms with Gasteiger partial charge in [-0.1, -0.05) is 48.0 Å². The van der Waals surface area contributed by atoms with Crippen molar-refractivity contribution in [1.82, 2.24) is 14.3 Å². The van der Waals surface area contributed by atoms with E-state index in [1.165, 1.54) is 16.4 Å². The van der Waals surface area contributed by atoms with Gasteiger partial charge in [-0.05, 0) is 37.6 Å². The highest BCUT2D eigenvalue weighted by molar-refractivity contribution is 8.01. The van der Waals surface area contributed by atoms with E-state index in [4.69, 9.17) is 11.6 Å². The predicted molar refractivity (Wildman–Crippen MR) is 134 cm³/mol. The van der Waals surface area contributed by atoms with Crippen LogP contribution in [0.15, 0.2) is 59.4 Å². The summed E-state index contributed by atoms with van der Waals surface area (Å²) in [6, 6.07) is 16.6. The Morgan fingerprint density at radius 3 is 2.42 bits per heavy atom. The van der Waals surface area contributed by atoms with Gasteiger partial charge in [0.15, 0.2) is 0 Å². The molecule has 2 amide bonds. The normalized spacial score (nSPS) is 11.8. The third kappa shape index (κ3) is 5.69. The van der Waals surface area contributed by atoms with Crippen molar-refractivity contribution in [3.63, 3.8) is 0 Å². The Kier molecular flexibility index (Phi) is 8.05. The van der Waals surface area contributed by atoms with Crippen LogP contribution in [0.1, 0.15) is 18.2 Å². The molecule has 7 nitrogen and oxygen atoms in total. The summed E-state index contributed by atoms with van der Waals surface area (Å²) in [4.78, 5) is 39.8. The van der Waals surface area contributed by atoms with Crippen LogP contribution in [-0.4, -0.2) is 44.1 Å². The molecule has 33 heavy (non-hydrogen) atoms. The molecular formula is C24H27ClN4O3S. The van der Waals surface area contributed by atoms with E-state index in [2.05, 4.69) is 5.32 Å². The first-order chi connectivity index (χ1) is 15.7. The van der Waals surface area contributed by atoms with E-state index in [1.54, 1.807) is 43.6 Å². The highest BCUT2D eigenvalue weighted by atomic mass is 35.5. The first-order valence-corrected chi connectivity index (χ1v) is 11.9. The number of carbonyl (C=O) groups is 2. The molecule has 0 bridgehead atoms. The minimum Gasteiger partial charge on any atom is -0.341 e. The van der Waals surface area contributed by atoms with Crippen molar-refractivity contribution in [2.45, 2.75) is 25.6 Å². The monoisotopic (exact) mass is 486 g/mol. The van der Waals surface area contributed by atoms with Crippen LogP contribution in [0.25, 0.3) is 5.69 Å². The molecule has 9 heteroatoms. The predicted octanol–water partition coefficient (Wildman–Crippen LogP) is 3.86. The number of hydrogen-bond acceptors (Lipinski definition) is 4. The zero-order valence-corrected chi connectivity index (χ0v) is 20.6. The van der Waals surface area contributed by atoms with Gasteiger partial charge in [0.2, 0.25) is 11.8 Å². The molecule has 2 aromatic carbocycles. The van der Waals surface area contributed by atoms with Gasteiger partial charge < -0.3 is 10.2 Å². The summed E-state index contributed by atoms with van der Waals surface area (Å²) in [6.45, 7) is 3.89. The molecule has 0 radical (unpaired) electrons. The minimum absolute atomic E-state index is 0.109. The van der Waals surface area contributed by atoms with Crippen LogP contribution in [-0.2, 0) is 23.2 Å². The summed E-state index contributed by atoms with van der Waals surface area (Å²) in [5.41, 5.74) is 2.15. The van der Waals surface area contributed by atoms with Gasteiger partial charge in [0, 0.05) is 25.7 Å². The topological polar surface area (TPSA) is 76.3 Å². The second-order valence-corrected chi connectivity index (χ2v) is 9.46. The quantitative estimate of drug-likeness (QED) is 0.524. The van der Waals surface area contributed by atoms with Crippen molar-refractivity contribution >= 4 is 40.9 Å². The minimum atomic E-state index is -0.521. The third-order valence-corrected chi connectivity index (χ3v) is 6.92. The molecule has 0 spiro atoms. The van der Waals surface area contributed by atoms with Gasteiger partial charge in [-0.25, -0.2) is 4.68 Å². The molecule has 1 aromatic heterocycles. The van der Waals surface area contributed by atoms with Crippen molar-refractivity contribution in [3.05, 3.63) is 81.2 Å². The van der Waals surface area contributed by atoms with Crippen LogP contribution in [0.5, 0.6) is 0 Å². The van der Waals surface area contributed by atoms with Gasteiger partial charge >= 0.3 is 0 Å². The summed E-state index contributed by atoms with van der Waals surface area (Å²) in [7, 11) is 3.47. The van der Waals surface area contributed by atoms with Crippen molar-refractivity contribution in [1.29, 1.82) is 0 Å². The van der Waals surface area contributed by atoms with E-state index < -0.39 is 5.25 Å². The molecule has 1 N–H and O–H groups in total. The van der Waals surface area contributed by atoms with Crippen molar-refractivity contribution in [3.8, 4) is 5.69 Å². The van der Waals surface area contributed by atoms with Gasteiger partial charge in [-0.2, -0.15) is 0 Å². The van der Waals surface area contributed by atoms with E-state index in [0.29, 0.717) is 22.9 Å². The molecule has 1 unspecified atom stereocenters. The lowest BCUT2D eigenvalue weighted by atomic mass is 10.2. The van der Waals surface area contributed by atoms with Gasteiger partial charge in [-0.3, -0.25) is 19.1 Å². The van der Waals surface area contributed by atoms with Crippen LogP contribution in [0, 0.1) is 6.92 Å². The summed E-state index contributed by atoms with van der Waals surface area (Å²) < 4.78 is 3.22. The molecular weight excluding hydrogens is 460 g/mol. The molecule has 0 aliphatic carbocycles. The summed E-state index contributed by atoms with van der Waals surface area (Å²) in [5, 5.41) is 2.84. The summed E-state index contributed by atoms with van der Waals surface area (Å²) in [5.74, 6) is -0.299. The lowest BCUT2D eigenvalue weighted by Gasteiger charge is -2.19. The Morgan fingerprint density at radius 2 is 1.76 bits per heavy atom. The maximum absolute atomic E-state index is 13.0. The van der Waals surface area contributed by atoms with E-state index in [9.17, 15) is 14.4 Å². The van der Waals surface area contributed by atoms with Gasteiger partial charge in [-0.15, -0.1) is 11.8 Å². The first-order valence-electron chi connectivity index (χ1n) is 10.4. The number of aromatic nitrogens is 2. The molecule has 0 saturated heterocycles. The maximum Gasteiger partial charge on any atom is 0.295 e. The highest BCUT2D eigenvalue weighted by Crippen LogP contribution is 2.19. The number of carbonyl (C=O) groups excluding carboxylic acids is 2. The fraction of sp³-hybridized carbons (Fsp3) is 0.292. The fourth-order valence-electron chi connectivity index (χ4n) is 3.29. The molecule has 0 fully saturated rings. The Balaban J connectivity index is 1.62. The number of rotatable bonds is 8. The number of halogens is 1. The van der Waals surface area contributed by atoms with Crippen LogP contribution in [0.3, 0.4) is 0 Å². The van der Waals surface area contributed by atoms with Gasteiger partial charge in [0.05, 0.1) is 22.4 Å². The highest BCUT2D eigenvalue weighted by Gasteiger charge is 2.22. The van der Waals surface area contributed by atoms with E-state index in [-0.39, 0.29) is 28.8 Å². The zero-order chi connectivity index (χ0) is 24.1. The van der Waals surface area contributed by atoms with E-state index in [0.717, 1.165) is 5.56 Å². The summed E-state index contributed by atoms with van der Waals surface area (Å²) >= 11 is 7.39. The first kappa shape index (κ1) is 24.7. The number of hydrogen-bond donors (Lipinski definition) is 1. The number of anilines is 1. The molecule has 0 saturated carbocycles. The Labute approximate surface area is 202 Å². The van der Waals surface area contributed by atoms with Crippen molar-refractivity contribution < 1.29 is 9.59 Å². The zero-order valence-electron chi connectivity index (χ0n) is 19.0. The SMILES string of the molecule is Cc1c(NC(=O)C(C)SCC(=O)N(C)Cc2ccccc2Cl)c(=O)n(-c2ccccc2)n1C. The Morgan fingerprint density at radius 1 is 1.12 bits per heavy atom. The summed E-state index contributed by atoms with van der Waals surface area (Å²) in [6.07, 6.45) is 0. The van der Waals surface area contributed by atoms with Crippen LogP contribution in [0.4, 0.5) is 5.69 Å². The molecule has 0 aliphatic rings.